The summed E-state index contributed by atoms with van der Waals surface area (Å²) in [6.07, 6.45) is 1.76. The van der Waals surface area contributed by atoms with Gasteiger partial charge in [-0.3, -0.25) is 4.79 Å². The fourth-order valence-electron chi connectivity index (χ4n) is 2.69. The van der Waals surface area contributed by atoms with Crippen molar-refractivity contribution in [2.45, 2.75) is 13.8 Å². The van der Waals surface area contributed by atoms with E-state index < -0.39 is 0 Å². The number of amides is 1. The molecule has 0 spiro atoms. The normalized spacial score (nSPS) is 14.7. The Balaban J connectivity index is 1.69. The summed E-state index contributed by atoms with van der Waals surface area (Å²) in [7, 11) is 0. The molecule has 1 saturated heterocycles. The number of carbonyl (C=O) groups excluding carboxylic acids is 1. The summed E-state index contributed by atoms with van der Waals surface area (Å²) in [5, 5.41) is 3.24. The summed E-state index contributed by atoms with van der Waals surface area (Å²) in [6.45, 7) is 6.72. The molecule has 1 aliphatic heterocycles. The van der Waals surface area contributed by atoms with Crippen molar-refractivity contribution in [2.75, 3.05) is 36.4 Å². The molecule has 1 fully saturated rings. The maximum Gasteiger partial charge on any atom is 0.229 e. The Morgan fingerprint density at radius 1 is 1.17 bits per heavy atom. The lowest BCUT2D eigenvalue weighted by molar-refractivity contribution is -0.129. The highest BCUT2D eigenvalue weighted by molar-refractivity contribution is 5.73. The molecule has 3 rings (SSSR count). The zero-order valence-electron chi connectivity index (χ0n) is 13.5. The molecule has 2 heterocycles. The number of piperazine rings is 1. The van der Waals surface area contributed by atoms with Crippen molar-refractivity contribution in [3.8, 4) is 0 Å². The van der Waals surface area contributed by atoms with Gasteiger partial charge in [-0.1, -0.05) is 12.1 Å². The van der Waals surface area contributed by atoms with Gasteiger partial charge in [0.25, 0.3) is 0 Å². The second-order valence-electron chi connectivity index (χ2n) is 5.73. The summed E-state index contributed by atoms with van der Waals surface area (Å²) in [5.41, 5.74) is 2.16. The van der Waals surface area contributed by atoms with Gasteiger partial charge in [-0.05, 0) is 30.7 Å². The van der Waals surface area contributed by atoms with Crippen molar-refractivity contribution in [1.82, 2.24) is 14.9 Å². The first-order chi connectivity index (χ1) is 11.1. The van der Waals surface area contributed by atoms with Crippen LogP contribution in [0, 0.1) is 6.92 Å². The van der Waals surface area contributed by atoms with Crippen LogP contribution in [0.25, 0.3) is 0 Å². The summed E-state index contributed by atoms with van der Waals surface area (Å²) < 4.78 is 0. The molecular formula is C17H21N5O. The summed E-state index contributed by atoms with van der Waals surface area (Å²) >= 11 is 0. The molecule has 0 atom stereocenters. The molecule has 23 heavy (non-hydrogen) atoms. The molecule has 1 aromatic carbocycles. The van der Waals surface area contributed by atoms with E-state index in [0.717, 1.165) is 37.7 Å². The molecule has 0 radical (unpaired) electrons. The van der Waals surface area contributed by atoms with Crippen molar-refractivity contribution >= 4 is 23.4 Å². The smallest absolute Gasteiger partial charge is 0.229 e. The van der Waals surface area contributed by atoms with E-state index in [9.17, 15) is 4.79 Å². The van der Waals surface area contributed by atoms with Crippen molar-refractivity contribution in [2.24, 2.45) is 0 Å². The van der Waals surface area contributed by atoms with E-state index in [2.05, 4.69) is 39.2 Å². The van der Waals surface area contributed by atoms with Crippen LogP contribution in [0.3, 0.4) is 0 Å². The van der Waals surface area contributed by atoms with E-state index in [1.807, 2.05) is 23.1 Å². The third kappa shape index (κ3) is 3.77. The van der Waals surface area contributed by atoms with Crippen LogP contribution in [-0.4, -0.2) is 47.0 Å². The lowest BCUT2D eigenvalue weighted by Crippen LogP contribution is -2.48. The predicted molar refractivity (Wildman–Crippen MR) is 91.0 cm³/mol. The Bertz CT molecular complexity index is 695. The average Bonchev–Trinajstić information content (AvgIpc) is 2.55. The average molecular weight is 311 g/mol. The Kier molecular flexibility index (Phi) is 4.41. The zero-order valence-corrected chi connectivity index (χ0v) is 13.5. The number of rotatable bonds is 3. The van der Waals surface area contributed by atoms with E-state index in [1.54, 1.807) is 13.1 Å². The highest BCUT2D eigenvalue weighted by Crippen LogP contribution is 2.18. The Labute approximate surface area is 136 Å². The van der Waals surface area contributed by atoms with Crippen LogP contribution >= 0.6 is 0 Å². The molecule has 2 aromatic rings. The number of aryl methyl sites for hydroxylation is 1. The minimum atomic E-state index is 0.133. The number of nitrogens with zero attached hydrogens (tertiary/aromatic N) is 4. The first-order valence-electron chi connectivity index (χ1n) is 7.79. The topological polar surface area (TPSA) is 61.4 Å². The number of benzene rings is 1. The van der Waals surface area contributed by atoms with Gasteiger partial charge in [0.05, 0.1) is 0 Å². The van der Waals surface area contributed by atoms with Gasteiger partial charge in [-0.25, -0.2) is 4.98 Å². The van der Waals surface area contributed by atoms with Crippen LogP contribution in [0.1, 0.15) is 12.5 Å². The van der Waals surface area contributed by atoms with Gasteiger partial charge in [0.2, 0.25) is 11.9 Å². The quantitative estimate of drug-likeness (QED) is 0.941. The van der Waals surface area contributed by atoms with E-state index in [0.29, 0.717) is 5.95 Å². The minimum absolute atomic E-state index is 0.133. The van der Waals surface area contributed by atoms with Gasteiger partial charge in [0.15, 0.2) is 0 Å². The number of hydrogen-bond donors (Lipinski definition) is 1. The SMILES string of the molecule is CC(=O)N1CCN(c2ccnc(Nc3cccc(C)c3)n2)CC1. The van der Waals surface area contributed by atoms with Crippen molar-refractivity contribution in [3.63, 3.8) is 0 Å². The molecule has 0 aliphatic carbocycles. The molecule has 120 valence electrons. The van der Waals surface area contributed by atoms with Crippen LogP contribution < -0.4 is 10.2 Å². The standard InChI is InChI=1S/C17H21N5O/c1-13-4-3-5-15(12-13)19-17-18-7-6-16(20-17)22-10-8-21(9-11-22)14(2)23/h3-7,12H,8-11H2,1-2H3,(H,18,19,20). The zero-order chi connectivity index (χ0) is 16.2. The van der Waals surface area contributed by atoms with E-state index in [-0.39, 0.29) is 5.91 Å². The first kappa shape index (κ1) is 15.3. The van der Waals surface area contributed by atoms with Gasteiger partial charge >= 0.3 is 0 Å². The molecule has 1 aromatic heterocycles. The Morgan fingerprint density at radius 2 is 1.96 bits per heavy atom. The van der Waals surface area contributed by atoms with E-state index in [4.69, 9.17) is 0 Å². The molecule has 0 saturated carbocycles. The monoisotopic (exact) mass is 311 g/mol. The molecule has 6 heteroatoms. The summed E-state index contributed by atoms with van der Waals surface area (Å²) in [6, 6.07) is 10.0. The second-order valence-corrected chi connectivity index (χ2v) is 5.73. The molecule has 6 nitrogen and oxygen atoms in total. The van der Waals surface area contributed by atoms with Gasteiger partial charge in [0, 0.05) is 45.0 Å². The van der Waals surface area contributed by atoms with Crippen molar-refractivity contribution < 1.29 is 4.79 Å². The van der Waals surface area contributed by atoms with Crippen LogP contribution in [0.2, 0.25) is 0 Å². The maximum atomic E-state index is 11.4. The number of nitrogens with one attached hydrogen (secondary N) is 1. The van der Waals surface area contributed by atoms with Crippen LogP contribution in [0.5, 0.6) is 0 Å². The molecule has 1 N–H and O–H groups in total. The van der Waals surface area contributed by atoms with Crippen LogP contribution in [-0.2, 0) is 4.79 Å². The second kappa shape index (κ2) is 6.64. The lowest BCUT2D eigenvalue weighted by atomic mass is 10.2. The fourth-order valence-corrected chi connectivity index (χ4v) is 2.69. The predicted octanol–water partition coefficient (Wildman–Crippen LogP) is 2.20. The number of hydrogen-bond acceptors (Lipinski definition) is 5. The third-order valence-corrected chi connectivity index (χ3v) is 3.96. The van der Waals surface area contributed by atoms with Gasteiger partial charge < -0.3 is 15.1 Å². The highest BCUT2D eigenvalue weighted by atomic mass is 16.2. The number of carbonyl (C=O) groups is 1. The highest BCUT2D eigenvalue weighted by Gasteiger charge is 2.19. The summed E-state index contributed by atoms with van der Waals surface area (Å²) in [4.78, 5) is 24.3. The fraction of sp³-hybridized carbons (Fsp3) is 0.353. The minimum Gasteiger partial charge on any atom is -0.353 e. The molecule has 1 aliphatic rings. The van der Waals surface area contributed by atoms with Gasteiger partial charge in [0.1, 0.15) is 5.82 Å². The maximum absolute atomic E-state index is 11.4. The van der Waals surface area contributed by atoms with E-state index in [1.165, 1.54) is 5.56 Å². The number of anilines is 3. The molecule has 0 unspecified atom stereocenters. The van der Waals surface area contributed by atoms with Crippen molar-refractivity contribution in [1.29, 1.82) is 0 Å². The largest absolute Gasteiger partial charge is 0.353 e. The third-order valence-electron chi connectivity index (χ3n) is 3.96. The number of aromatic nitrogens is 2. The first-order valence-corrected chi connectivity index (χ1v) is 7.79. The van der Waals surface area contributed by atoms with Crippen molar-refractivity contribution in [3.05, 3.63) is 42.1 Å². The van der Waals surface area contributed by atoms with Gasteiger partial charge in [-0.15, -0.1) is 0 Å². The Hall–Kier alpha value is -2.63. The summed E-state index contributed by atoms with van der Waals surface area (Å²) in [5.74, 6) is 1.61. The molecule has 1 amide bonds. The lowest BCUT2D eigenvalue weighted by Gasteiger charge is -2.34. The molecule has 0 bridgehead atoms. The van der Waals surface area contributed by atoms with Crippen LogP contribution in [0.4, 0.5) is 17.5 Å². The van der Waals surface area contributed by atoms with Gasteiger partial charge in [-0.2, -0.15) is 4.98 Å². The Morgan fingerprint density at radius 3 is 2.65 bits per heavy atom. The van der Waals surface area contributed by atoms with Crippen LogP contribution in [0.15, 0.2) is 36.5 Å². The molecular weight excluding hydrogens is 290 g/mol. The van der Waals surface area contributed by atoms with E-state index >= 15 is 0 Å².